The molecule has 0 saturated carbocycles. The minimum absolute atomic E-state index is 0.195. The quantitative estimate of drug-likeness (QED) is 0.743. The number of amides is 1. The number of benzene rings is 3. The molecule has 0 saturated heterocycles. The van der Waals surface area contributed by atoms with Gasteiger partial charge in [-0.3, -0.25) is 4.79 Å². The summed E-state index contributed by atoms with van der Waals surface area (Å²) in [6.07, 6.45) is -0.0231. The number of hydrogen-bond donors (Lipinski definition) is 1. The van der Waals surface area contributed by atoms with Crippen LogP contribution < -0.4 is 19.5 Å². The standard InChI is InChI=1S/C21H19NO4/c1-2-18(26-17-9-7-14-5-3-4-6-15(14)11-17)21(23)22-16-8-10-19-20(12-16)25-13-24-19/h3-12,18H,2,13H2,1H3,(H,22,23)/t18-/m1/s1. The Bertz CT molecular complexity index is 954. The zero-order chi connectivity index (χ0) is 17.9. The lowest BCUT2D eigenvalue weighted by molar-refractivity contribution is -0.122. The van der Waals surface area contributed by atoms with Crippen LogP contribution in [0.4, 0.5) is 5.69 Å². The van der Waals surface area contributed by atoms with Crippen molar-refractivity contribution >= 4 is 22.4 Å². The maximum atomic E-state index is 12.6. The van der Waals surface area contributed by atoms with E-state index in [0.717, 1.165) is 10.8 Å². The first-order valence-electron chi connectivity index (χ1n) is 8.59. The molecule has 0 spiro atoms. The molecule has 1 N–H and O–H groups in total. The largest absolute Gasteiger partial charge is 0.481 e. The summed E-state index contributed by atoms with van der Waals surface area (Å²) < 4.78 is 16.6. The van der Waals surface area contributed by atoms with Crippen molar-refractivity contribution in [3.63, 3.8) is 0 Å². The molecule has 0 aromatic heterocycles. The fourth-order valence-corrected chi connectivity index (χ4v) is 2.92. The monoisotopic (exact) mass is 349 g/mol. The van der Waals surface area contributed by atoms with Crippen LogP contribution in [0.25, 0.3) is 10.8 Å². The predicted octanol–water partition coefficient (Wildman–Crippen LogP) is 4.36. The van der Waals surface area contributed by atoms with Crippen LogP contribution in [0.15, 0.2) is 60.7 Å². The van der Waals surface area contributed by atoms with Crippen LogP contribution >= 0.6 is 0 Å². The van der Waals surface area contributed by atoms with E-state index in [-0.39, 0.29) is 12.7 Å². The second kappa shape index (κ2) is 6.96. The summed E-state index contributed by atoms with van der Waals surface area (Å²) >= 11 is 0. The maximum absolute atomic E-state index is 12.6. The lowest BCUT2D eigenvalue weighted by atomic mass is 10.1. The Morgan fingerprint density at radius 1 is 1.04 bits per heavy atom. The van der Waals surface area contributed by atoms with Crippen molar-refractivity contribution in [3.05, 3.63) is 60.7 Å². The first-order valence-corrected chi connectivity index (χ1v) is 8.59. The first kappa shape index (κ1) is 16.3. The third-order valence-corrected chi connectivity index (χ3v) is 4.30. The second-order valence-corrected chi connectivity index (χ2v) is 6.08. The Balaban J connectivity index is 1.48. The van der Waals surface area contributed by atoms with Crippen LogP contribution in [0.3, 0.4) is 0 Å². The number of carbonyl (C=O) groups excluding carboxylic acids is 1. The molecule has 0 radical (unpaired) electrons. The van der Waals surface area contributed by atoms with Crippen molar-refractivity contribution in [1.82, 2.24) is 0 Å². The molecule has 3 aromatic carbocycles. The van der Waals surface area contributed by atoms with E-state index in [9.17, 15) is 4.79 Å². The number of ether oxygens (including phenoxy) is 3. The normalized spacial score (nSPS) is 13.4. The first-order chi connectivity index (χ1) is 12.7. The van der Waals surface area contributed by atoms with Crippen molar-refractivity contribution in [2.45, 2.75) is 19.4 Å². The van der Waals surface area contributed by atoms with Gasteiger partial charge < -0.3 is 19.5 Å². The predicted molar refractivity (Wildman–Crippen MR) is 99.8 cm³/mol. The molecule has 1 aliphatic heterocycles. The summed E-state index contributed by atoms with van der Waals surface area (Å²) in [5, 5.41) is 5.10. The molecule has 132 valence electrons. The molecule has 5 nitrogen and oxygen atoms in total. The van der Waals surface area contributed by atoms with Crippen LogP contribution in [0.1, 0.15) is 13.3 Å². The number of carbonyl (C=O) groups is 1. The molecule has 1 amide bonds. The van der Waals surface area contributed by atoms with Gasteiger partial charge in [0.25, 0.3) is 5.91 Å². The lowest BCUT2D eigenvalue weighted by Crippen LogP contribution is -2.32. The summed E-state index contributed by atoms with van der Waals surface area (Å²) in [7, 11) is 0. The van der Waals surface area contributed by atoms with E-state index in [0.29, 0.717) is 29.4 Å². The highest BCUT2D eigenvalue weighted by Crippen LogP contribution is 2.34. The van der Waals surface area contributed by atoms with Crippen LogP contribution in [0.2, 0.25) is 0 Å². The van der Waals surface area contributed by atoms with Gasteiger partial charge in [-0.05, 0) is 41.5 Å². The van der Waals surface area contributed by atoms with E-state index in [2.05, 4.69) is 5.32 Å². The highest BCUT2D eigenvalue weighted by molar-refractivity contribution is 5.94. The minimum atomic E-state index is -0.582. The van der Waals surface area contributed by atoms with Crippen molar-refractivity contribution in [2.24, 2.45) is 0 Å². The van der Waals surface area contributed by atoms with Gasteiger partial charge in [0.2, 0.25) is 6.79 Å². The SMILES string of the molecule is CC[C@@H](Oc1ccc2ccccc2c1)C(=O)Nc1ccc2c(c1)OCO2. The van der Waals surface area contributed by atoms with Crippen molar-refractivity contribution in [1.29, 1.82) is 0 Å². The maximum Gasteiger partial charge on any atom is 0.265 e. The van der Waals surface area contributed by atoms with E-state index < -0.39 is 6.10 Å². The topological polar surface area (TPSA) is 56.8 Å². The Kier molecular flexibility index (Phi) is 4.35. The third kappa shape index (κ3) is 3.28. The number of anilines is 1. The average molecular weight is 349 g/mol. The van der Waals surface area contributed by atoms with Crippen molar-refractivity contribution in [3.8, 4) is 17.2 Å². The minimum Gasteiger partial charge on any atom is -0.481 e. The van der Waals surface area contributed by atoms with Gasteiger partial charge in [0.05, 0.1) is 0 Å². The number of rotatable bonds is 5. The van der Waals surface area contributed by atoms with Gasteiger partial charge in [-0.25, -0.2) is 0 Å². The number of fused-ring (bicyclic) bond motifs is 2. The summed E-state index contributed by atoms with van der Waals surface area (Å²) in [5.74, 6) is 1.80. The highest BCUT2D eigenvalue weighted by atomic mass is 16.7. The zero-order valence-corrected chi connectivity index (χ0v) is 14.4. The Morgan fingerprint density at radius 3 is 2.69 bits per heavy atom. The van der Waals surface area contributed by atoms with Gasteiger partial charge in [-0.2, -0.15) is 0 Å². The molecule has 0 fully saturated rings. The number of nitrogens with one attached hydrogen (secondary N) is 1. The molecule has 3 aromatic rings. The Labute approximate surface area is 151 Å². The van der Waals surface area contributed by atoms with E-state index in [4.69, 9.17) is 14.2 Å². The van der Waals surface area contributed by atoms with E-state index >= 15 is 0 Å². The van der Waals surface area contributed by atoms with Crippen LogP contribution in [-0.4, -0.2) is 18.8 Å². The van der Waals surface area contributed by atoms with Crippen LogP contribution in [0, 0.1) is 0 Å². The fraction of sp³-hybridized carbons (Fsp3) is 0.190. The number of hydrogen-bond acceptors (Lipinski definition) is 4. The summed E-state index contributed by atoms with van der Waals surface area (Å²) in [5.41, 5.74) is 0.653. The molecule has 1 atom stereocenters. The van der Waals surface area contributed by atoms with Gasteiger partial charge in [-0.1, -0.05) is 37.3 Å². The van der Waals surface area contributed by atoms with E-state index in [1.165, 1.54) is 0 Å². The summed E-state index contributed by atoms with van der Waals surface area (Å²) in [6, 6.07) is 19.2. The molecule has 5 heteroatoms. The van der Waals surface area contributed by atoms with Crippen molar-refractivity contribution < 1.29 is 19.0 Å². The van der Waals surface area contributed by atoms with Gasteiger partial charge in [0.1, 0.15) is 5.75 Å². The summed E-state index contributed by atoms with van der Waals surface area (Å²) in [4.78, 5) is 12.6. The van der Waals surface area contributed by atoms with Gasteiger partial charge >= 0.3 is 0 Å². The molecule has 4 rings (SSSR count). The van der Waals surface area contributed by atoms with Gasteiger partial charge in [0.15, 0.2) is 17.6 Å². The summed E-state index contributed by atoms with van der Waals surface area (Å²) in [6.45, 7) is 2.13. The molecule has 1 aliphatic rings. The fourth-order valence-electron chi connectivity index (χ4n) is 2.92. The molecule has 1 heterocycles. The van der Waals surface area contributed by atoms with Crippen molar-refractivity contribution in [2.75, 3.05) is 12.1 Å². The second-order valence-electron chi connectivity index (χ2n) is 6.08. The van der Waals surface area contributed by atoms with Gasteiger partial charge in [0, 0.05) is 11.8 Å². The molecule has 0 bridgehead atoms. The molecule has 26 heavy (non-hydrogen) atoms. The van der Waals surface area contributed by atoms with Crippen LogP contribution in [0.5, 0.6) is 17.2 Å². The smallest absolute Gasteiger partial charge is 0.265 e. The molecular formula is C21H19NO4. The Morgan fingerprint density at radius 2 is 1.85 bits per heavy atom. The average Bonchev–Trinajstić information content (AvgIpc) is 3.13. The highest BCUT2D eigenvalue weighted by Gasteiger charge is 2.20. The molecular weight excluding hydrogens is 330 g/mol. The van der Waals surface area contributed by atoms with E-state index in [1.54, 1.807) is 18.2 Å². The van der Waals surface area contributed by atoms with E-state index in [1.807, 2.05) is 49.4 Å². The zero-order valence-electron chi connectivity index (χ0n) is 14.4. The Hall–Kier alpha value is -3.21. The molecule has 0 unspecified atom stereocenters. The van der Waals surface area contributed by atoms with Gasteiger partial charge in [-0.15, -0.1) is 0 Å². The van der Waals surface area contributed by atoms with Crippen LogP contribution in [-0.2, 0) is 4.79 Å². The molecule has 0 aliphatic carbocycles. The lowest BCUT2D eigenvalue weighted by Gasteiger charge is -2.18. The third-order valence-electron chi connectivity index (χ3n) is 4.30.